The van der Waals surface area contributed by atoms with Gasteiger partial charge in [0, 0.05) is 31.7 Å². The second-order valence-electron chi connectivity index (χ2n) is 4.56. The lowest BCUT2D eigenvalue weighted by molar-refractivity contribution is 0.654. The molecule has 0 saturated heterocycles. The van der Waals surface area contributed by atoms with E-state index < -0.39 is 0 Å². The maximum atomic E-state index is 4.44. The van der Waals surface area contributed by atoms with Gasteiger partial charge in [0.2, 0.25) is 0 Å². The monoisotopic (exact) mass is 246 g/mol. The third-order valence-electron chi connectivity index (χ3n) is 3.09. The van der Waals surface area contributed by atoms with E-state index in [1.807, 2.05) is 17.9 Å². The van der Waals surface area contributed by atoms with Crippen LogP contribution in [0.1, 0.15) is 31.7 Å². The van der Waals surface area contributed by atoms with Crippen molar-refractivity contribution in [2.45, 2.75) is 39.8 Å². The third-order valence-corrected chi connectivity index (χ3v) is 3.09. The average molecular weight is 246 g/mol. The molecule has 0 amide bonds. The van der Waals surface area contributed by atoms with E-state index in [1.165, 1.54) is 5.69 Å². The molecule has 0 aliphatic rings. The van der Waals surface area contributed by atoms with Gasteiger partial charge in [0.25, 0.3) is 0 Å². The van der Waals surface area contributed by atoms with Crippen molar-refractivity contribution in [3.8, 4) is 0 Å². The molecule has 0 aliphatic carbocycles. The molecule has 0 radical (unpaired) electrons. The van der Waals surface area contributed by atoms with Gasteiger partial charge in [0.15, 0.2) is 0 Å². The van der Waals surface area contributed by atoms with Crippen LogP contribution in [-0.2, 0) is 26.6 Å². The summed E-state index contributed by atoms with van der Waals surface area (Å²) in [5.41, 5.74) is 3.60. The summed E-state index contributed by atoms with van der Waals surface area (Å²) in [6.07, 6.45) is 6.31. The van der Waals surface area contributed by atoms with E-state index in [0.29, 0.717) is 0 Å². The third kappa shape index (κ3) is 2.75. The van der Waals surface area contributed by atoms with Gasteiger partial charge < -0.3 is 9.88 Å². The van der Waals surface area contributed by atoms with E-state index in [4.69, 9.17) is 0 Å². The van der Waals surface area contributed by atoms with Gasteiger partial charge in [0.1, 0.15) is 0 Å². The maximum Gasteiger partial charge on any atom is 0.0853 e. The predicted molar refractivity (Wildman–Crippen MR) is 74.6 cm³/mol. The molecule has 2 aromatic heterocycles. The highest BCUT2D eigenvalue weighted by atomic mass is 15.3. The Morgan fingerprint density at radius 3 is 2.89 bits per heavy atom. The Morgan fingerprint density at radius 2 is 2.17 bits per heavy atom. The topological polar surface area (TPSA) is 34.8 Å². The molecule has 2 aromatic rings. The molecule has 0 unspecified atom stereocenters. The fraction of sp³-hybridized carbons (Fsp3) is 0.500. The molecule has 0 atom stereocenters. The molecule has 4 heteroatoms. The molecule has 0 fully saturated rings. The number of rotatable bonds is 6. The van der Waals surface area contributed by atoms with Crippen LogP contribution in [0, 0.1) is 0 Å². The van der Waals surface area contributed by atoms with Crippen molar-refractivity contribution in [2.75, 3.05) is 5.32 Å². The molecule has 0 aromatic carbocycles. The Balaban J connectivity index is 2.04. The van der Waals surface area contributed by atoms with E-state index in [0.717, 1.165) is 37.3 Å². The number of aromatic nitrogens is 3. The SMILES string of the molecule is CCCn1cccc1CNc1cn(C)nc1CC. The maximum absolute atomic E-state index is 4.44. The van der Waals surface area contributed by atoms with E-state index in [-0.39, 0.29) is 0 Å². The summed E-state index contributed by atoms with van der Waals surface area (Å²) in [4.78, 5) is 0. The number of hydrogen-bond acceptors (Lipinski definition) is 2. The van der Waals surface area contributed by atoms with Crippen LogP contribution < -0.4 is 5.32 Å². The van der Waals surface area contributed by atoms with Crippen molar-refractivity contribution in [1.29, 1.82) is 0 Å². The highest BCUT2D eigenvalue weighted by Crippen LogP contribution is 2.15. The van der Waals surface area contributed by atoms with Crippen LogP contribution in [0.5, 0.6) is 0 Å². The zero-order chi connectivity index (χ0) is 13.0. The zero-order valence-electron chi connectivity index (χ0n) is 11.5. The quantitative estimate of drug-likeness (QED) is 0.850. The highest BCUT2D eigenvalue weighted by molar-refractivity contribution is 5.46. The number of nitrogens with one attached hydrogen (secondary N) is 1. The van der Waals surface area contributed by atoms with Crippen molar-refractivity contribution in [2.24, 2.45) is 7.05 Å². The Labute approximate surface area is 109 Å². The first-order valence-corrected chi connectivity index (χ1v) is 6.65. The Hall–Kier alpha value is -1.71. The summed E-state index contributed by atoms with van der Waals surface area (Å²) in [6.45, 7) is 6.27. The Morgan fingerprint density at radius 1 is 1.33 bits per heavy atom. The van der Waals surface area contributed by atoms with Gasteiger partial charge in [-0.05, 0) is 25.0 Å². The molecule has 0 saturated carbocycles. The number of aryl methyl sites for hydroxylation is 3. The first-order valence-electron chi connectivity index (χ1n) is 6.65. The summed E-state index contributed by atoms with van der Waals surface area (Å²) in [6, 6.07) is 4.28. The molecule has 0 aliphatic heterocycles. The lowest BCUT2D eigenvalue weighted by atomic mass is 10.3. The fourth-order valence-corrected chi connectivity index (χ4v) is 2.20. The minimum atomic E-state index is 0.853. The van der Waals surface area contributed by atoms with Crippen molar-refractivity contribution in [3.63, 3.8) is 0 Å². The van der Waals surface area contributed by atoms with Gasteiger partial charge in [-0.15, -0.1) is 0 Å². The highest BCUT2D eigenvalue weighted by Gasteiger charge is 2.06. The summed E-state index contributed by atoms with van der Waals surface area (Å²) < 4.78 is 4.17. The van der Waals surface area contributed by atoms with Gasteiger partial charge in [-0.25, -0.2) is 0 Å². The molecule has 2 rings (SSSR count). The van der Waals surface area contributed by atoms with Crippen LogP contribution in [0.3, 0.4) is 0 Å². The summed E-state index contributed by atoms with van der Waals surface area (Å²) in [7, 11) is 1.96. The van der Waals surface area contributed by atoms with Gasteiger partial charge in [-0.1, -0.05) is 13.8 Å². The lowest BCUT2D eigenvalue weighted by Gasteiger charge is -2.09. The van der Waals surface area contributed by atoms with Crippen LogP contribution in [0.2, 0.25) is 0 Å². The molecule has 2 heterocycles. The van der Waals surface area contributed by atoms with Crippen LogP contribution in [-0.4, -0.2) is 14.3 Å². The van der Waals surface area contributed by atoms with Crippen molar-refractivity contribution in [3.05, 3.63) is 35.9 Å². The largest absolute Gasteiger partial charge is 0.377 e. The van der Waals surface area contributed by atoms with E-state index in [2.05, 4.69) is 47.2 Å². The summed E-state index contributed by atoms with van der Waals surface area (Å²) >= 11 is 0. The van der Waals surface area contributed by atoms with Gasteiger partial charge in [-0.3, -0.25) is 4.68 Å². The summed E-state index contributed by atoms with van der Waals surface area (Å²) in [5, 5.41) is 7.92. The molecule has 18 heavy (non-hydrogen) atoms. The van der Waals surface area contributed by atoms with E-state index in [1.54, 1.807) is 0 Å². The fourth-order valence-electron chi connectivity index (χ4n) is 2.20. The van der Waals surface area contributed by atoms with E-state index in [9.17, 15) is 0 Å². The van der Waals surface area contributed by atoms with Crippen molar-refractivity contribution in [1.82, 2.24) is 14.3 Å². The number of hydrogen-bond donors (Lipinski definition) is 1. The Bertz CT molecular complexity index is 496. The second-order valence-corrected chi connectivity index (χ2v) is 4.56. The Kier molecular flexibility index (Phi) is 4.07. The van der Waals surface area contributed by atoms with Crippen molar-refractivity contribution >= 4 is 5.69 Å². The first kappa shape index (κ1) is 12.7. The summed E-state index contributed by atoms with van der Waals surface area (Å²) in [5.74, 6) is 0. The van der Waals surface area contributed by atoms with Crippen LogP contribution >= 0.6 is 0 Å². The molecule has 4 nitrogen and oxygen atoms in total. The van der Waals surface area contributed by atoms with Crippen LogP contribution in [0.15, 0.2) is 24.5 Å². The van der Waals surface area contributed by atoms with E-state index >= 15 is 0 Å². The van der Waals surface area contributed by atoms with Crippen molar-refractivity contribution < 1.29 is 0 Å². The minimum Gasteiger partial charge on any atom is -0.377 e. The minimum absolute atomic E-state index is 0.853. The normalized spacial score (nSPS) is 10.8. The predicted octanol–water partition coefficient (Wildman–Crippen LogP) is 2.81. The first-order chi connectivity index (χ1) is 8.74. The number of nitrogens with zero attached hydrogens (tertiary/aromatic N) is 3. The van der Waals surface area contributed by atoms with Gasteiger partial charge in [-0.2, -0.15) is 5.10 Å². The lowest BCUT2D eigenvalue weighted by Crippen LogP contribution is -2.07. The standard InChI is InChI=1S/C14H22N4/c1-4-8-18-9-6-7-12(18)10-15-14-11-17(3)16-13(14)5-2/h6-7,9,11,15H,4-5,8,10H2,1-3H3. The molecular formula is C14H22N4. The smallest absolute Gasteiger partial charge is 0.0853 e. The molecule has 98 valence electrons. The average Bonchev–Trinajstić information content (AvgIpc) is 2.93. The van der Waals surface area contributed by atoms with Crippen LogP contribution in [0.25, 0.3) is 0 Å². The van der Waals surface area contributed by atoms with Crippen LogP contribution in [0.4, 0.5) is 5.69 Å². The number of anilines is 1. The molecule has 1 N–H and O–H groups in total. The molecule has 0 spiro atoms. The second kappa shape index (κ2) is 5.76. The molecule has 0 bridgehead atoms. The molecular weight excluding hydrogens is 224 g/mol. The van der Waals surface area contributed by atoms with Gasteiger partial charge >= 0.3 is 0 Å². The zero-order valence-corrected chi connectivity index (χ0v) is 11.5. The van der Waals surface area contributed by atoms with Gasteiger partial charge in [0.05, 0.1) is 17.9 Å².